The van der Waals surface area contributed by atoms with Crippen LogP contribution in [0.2, 0.25) is 0 Å². The molecule has 0 aromatic heterocycles. The summed E-state index contributed by atoms with van der Waals surface area (Å²) in [5, 5.41) is 0.968. The van der Waals surface area contributed by atoms with E-state index in [-0.39, 0.29) is 4.90 Å². The van der Waals surface area contributed by atoms with Crippen molar-refractivity contribution in [1.82, 2.24) is 4.31 Å². The molecule has 1 spiro atoms. The first-order valence-corrected chi connectivity index (χ1v) is 14.0. The van der Waals surface area contributed by atoms with Crippen LogP contribution in [0.4, 0.5) is 0 Å². The van der Waals surface area contributed by atoms with Gasteiger partial charge in [0.2, 0.25) is 10.0 Å². The van der Waals surface area contributed by atoms with Crippen molar-refractivity contribution in [2.24, 2.45) is 9.98 Å². The molecule has 0 atom stereocenters. The van der Waals surface area contributed by atoms with Gasteiger partial charge in [0.05, 0.1) is 24.8 Å². The van der Waals surface area contributed by atoms with Gasteiger partial charge in [0.1, 0.15) is 5.04 Å². The van der Waals surface area contributed by atoms with E-state index in [1.807, 2.05) is 18.2 Å². The third kappa shape index (κ3) is 5.01. The van der Waals surface area contributed by atoms with Gasteiger partial charge in [-0.15, -0.1) is 11.8 Å². The Bertz CT molecular complexity index is 1170. The standard InChI is InChI=1S/C25H31N3O4S2/c1-4-5-17-33-24-23(19-9-7-6-8-10-19)26-25(27-24)13-15-28(16-14-25)34(29,30)20-11-12-21(31-2)22(18-20)32-3/h6-12,18H,4-5,13-17H2,1-3H3. The summed E-state index contributed by atoms with van der Waals surface area (Å²) in [4.78, 5) is 10.3. The number of aliphatic imine (C=N–C) groups is 2. The van der Waals surface area contributed by atoms with Crippen LogP contribution in [0.25, 0.3) is 0 Å². The molecule has 0 aliphatic carbocycles. The largest absolute Gasteiger partial charge is 0.493 e. The second kappa shape index (κ2) is 10.5. The van der Waals surface area contributed by atoms with E-state index in [4.69, 9.17) is 19.5 Å². The van der Waals surface area contributed by atoms with Gasteiger partial charge >= 0.3 is 0 Å². The van der Waals surface area contributed by atoms with E-state index < -0.39 is 15.7 Å². The predicted molar refractivity (Wildman–Crippen MR) is 138 cm³/mol. The molecule has 2 aromatic carbocycles. The average Bonchev–Trinajstić information content (AvgIpc) is 3.22. The Balaban J connectivity index is 1.55. The van der Waals surface area contributed by atoms with Crippen molar-refractivity contribution in [1.29, 1.82) is 0 Å². The van der Waals surface area contributed by atoms with E-state index in [1.54, 1.807) is 23.9 Å². The van der Waals surface area contributed by atoms with Gasteiger partial charge in [-0.05, 0) is 24.3 Å². The summed E-state index contributed by atoms with van der Waals surface area (Å²) in [5.74, 6) is 1.88. The fourth-order valence-corrected chi connectivity index (χ4v) is 6.77. The molecular weight excluding hydrogens is 470 g/mol. The van der Waals surface area contributed by atoms with Crippen molar-refractivity contribution in [3.8, 4) is 11.5 Å². The van der Waals surface area contributed by atoms with Crippen molar-refractivity contribution < 1.29 is 17.9 Å². The molecule has 2 aliphatic heterocycles. The number of thioether (sulfide) groups is 1. The molecule has 4 rings (SSSR count). The lowest BCUT2D eigenvalue weighted by Gasteiger charge is -2.34. The van der Waals surface area contributed by atoms with Gasteiger partial charge in [0.15, 0.2) is 17.2 Å². The van der Waals surface area contributed by atoms with Crippen molar-refractivity contribution >= 4 is 32.5 Å². The first-order valence-electron chi connectivity index (χ1n) is 11.5. The monoisotopic (exact) mass is 501 g/mol. The normalized spacial score (nSPS) is 18.0. The molecular formula is C25H31N3O4S2. The molecule has 2 aliphatic rings. The van der Waals surface area contributed by atoms with Crippen LogP contribution in [0.3, 0.4) is 0 Å². The molecule has 0 amide bonds. The Labute approximate surface area is 206 Å². The Morgan fingerprint density at radius 3 is 2.35 bits per heavy atom. The highest BCUT2D eigenvalue weighted by atomic mass is 32.2. The van der Waals surface area contributed by atoms with E-state index >= 15 is 0 Å². The smallest absolute Gasteiger partial charge is 0.243 e. The second-order valence-corrected chi connectivity index (χ2v) is 11.4. The first-order chi connectivity index (χ1) is 16.4. The van der Waals surface area contributed by atoms with Crippen LogP contribution in [0, 0.1) is 0 Å². The van der Waals surface area contributed by atoms with Crippen molar-refractivity contribution in [3.63, 3.8) is 0 Å². The van der Waals surface area contributed by atoms with Gasteiger partial charge in [0, 0.05) is 37.6 Å². The number of ether oxygens (including phenoxy) is 2. The number of nitrogens with zero attached hydrogens (tertiary/aromatic N) is 3. The highest BCUT2D eigenvalue weighted by Gasteiger charge is 2.42. The molecule has 7 nitrogen and oxygen atoms in total. The first kappa shape index (κ1) is 24.8. The van der Waals surface area contributed by atoms with Gasteiger partial charge in [-0.1, -0.05) is 43.7 Å². The molecule has 0 bridgehead atoms. The number of methoxy groups -OCH3 is 2. The molecule has 9 heteroatoms. The number of unbranched alkanes of at least 4 members (excludes halogenated alkanes) is 1. The molecule has 0 saturated carbocycles. The minimum Gasteiger partial charge on any atom is -0.493 e. The lowest BCUT2D eigenvalue weighted by molar-refractivity contribution is 0.249. The van der Waals surface area contributed by atoms with E-state index in [9.17, 15) is 8.42 Å². The van der Waals surface area contributed by atoms with Gasteiger partial charge in [-0.2, -0.15) is 4.31 Å². The van der Waals surface area contributed by atoms with Crippen LogP contribution >= 0.6 is 11.8 Å². The summed E-state index contributed by atoms with van der Waals surface area (Å²) >= 11 is 1.75. The van der Waals surface area contributed by atoms with Gasteiger partial charge in [0.25, 0.3) is 0 Å². The SMILES string of the molecule is CCCCSC1=NC2(CCN(S(=O)(=O)c3ccc(OC)c(OC)c3)CC2)N=C1c1ccccc1. The number of piperidine rings is 1. The molecule has 1 saturated heterocycles. The number of hydrogen-bond donors (Lipinski definition) is 0. The zero-order valence-corrected chi connectivity index (χ0v) is 21.5. The predicted octanol–water partition coefficient (Wildman–Crippen LogP) is 4.62. The molecule has 34 heavy (non-hydrogen) atoms. The van der Waals surface area contributed by atoms with Gasteiger partial charge in [-0.3, -0.25) is 4.99 Å². The van der Waals surface area contributed by atoms with Crippen LogP contribution in [0.5, 0.6) is 11.5 Å². The molecule has 0 unspecified atom stereocenters. The molecule has 2 aromatic rings. The van der Waals surface area contributed by atoms with Crippen LogP contribution in [-0.2, 0) is 10.0 Å². The van der Waals surface area contributed by atoms with Crippen LogP contribution in [0.15, 0.2) is 63.4 Å². The third-order valence-electron chi connectivity index (χ3n) is 6.13. The average molecular weight is 502 g/mol. The Kier molecular flexibility index (Phi) is 7.64. The lowest BCUT2D eigenvalue weighted by atomic mass is 10.00. The zero-order valence-electron chi connectivity index (χ0n) is 19.9. The highest BCUT2D eigenvalue weighted by molar-refractivity contribution is 8.15. The van der Waals surface area contributed by atoms with Crippen LogP contribution in [-0.4, -0.2) is 62.2 Å². The minimum absolute atomic E-state index is 0.195. The number of rotatable bonds is 8. The second-order valence-electron chi connectivity index (χ2n) is 8.35. The van der Waals surface area contributed by atoms with Crippen molar-refractivity contribution in [2.75, 3.05) is 33.1 Å². The van der Waals surface area contributed by atoms with Crippen molar-refractivity contribution in [2.45, 2.75) is 43.2 Å². The van der Waals surface area contributed by atoms with E-state index in [1.165, 1.54) is 24.6 Å². The van der Waals surface area contributed by atoms with E-state index in [0.717, 1.165) is 34.9 Å². The summed E-state index contributed by atoms with van der Waals surface area (Å²) in [6.07, 6.45) is 3.35. The van der Waals surface area contributed by atoms with Gasteiger partial charge in [-0.25, -0.2) is 13.4 Å². The number of sulfonamides is 1. The van der Waals surface area contributed by atoms with Crippen LogP contribution in [0.1, 0.15) is 38.2 Å². The third-order valence-corrected chi connectivity index (χ3v) is 9.08. The topological polar surface area (TPSA) is 80.6 Å². The summed E-state index contributed by atoms with van der Waals surface area (Å²) < 4.78 is 38.7. The summed E-state index contributed by atoms with van der Waals surface area (Å²) in [5.41, 5.74) is 1.39. The fourth-order valence-electron chi connectivity index (χ4n) is 4.16. The quantitative estimate of drug-likeness (QED) is 0.493. The molecule has 182 valence electrons. The lowest BCUT2D eigenvalue weighted by Crippen LogP contribution is -2.44. The van der Waals surface area contributed by atoms with E-state index in [0.29, 0.717) is 37.4 Å². The van der Waals surface area contributed by atoms with Crippen LogP contribution < -0.4 is 9.47 Å². The number of benzene rings is 2. The molecule has 2 heterocycles. The van der Waals surface area contributed by atoms with E-state index in [2.05, 4.69) is 19.1 Å². The fraction of sp³-hybridized carbons (Fsp3) is 0.440. The highest BCUT2D eigenvalue weighted by Crippen LogP contribution is 2.38. The Morgan fingerprint density at radius 1 is 1.00 bits per heavy atom. The summed E-state index contributed by atoms with van der Waals surface area (Å²) in [6, 6.07) is 14.8. The minimum atomic E-state index is -3.67. The Hall–Kier alpha value is -2.36. The summed E-state index contributed by atoms with van der Waals surface area (Å²) in [7, 11) is -0.646. The summed E-state index contributed by atoms with van der Waals surface area (Å²) in [6.45, 7) is 2.90. The number of hydrogen-bond acceptors (Lipinski definition) is 7. The van der Waals surface area contributed by atoms with Crippen molar-refractivity contribution in [3.05, 3.63) is 54.1 Å². The maximum atomic E-state index is 13.3. The molecule has 1 fully saturated rings. The maximum absolute atomic E-state index is 13.3. The maximum Gasteiger partial charge on any atom is 0.243 e. The Morgan fingerprint density at radius 2 is 1.71 bits per heavy atom. The van der Waals surface area contributed by atoms with Gasteiger partial charge < -0.3 is 9.47 Å². The molecule has 0 N–H and O–H groups in total. The molecule has 0 radical (unpaired) electrons. The zero-order chi connectivity index (χ0) is 24.2.